The van der Waals surface area contributed by atoms with Gasteiger partial charge in [0.2, 0.25) is 5.91 Å². The van der Waals surface area contributed by atoms with Crippen molar-refractivity contribution in [1.29, 1.82) is 0 Å². The van der Waals surface area contributed by atoms with Crippen LogP contribution in [0.5, 0.6) is 0 Å². The van der Waals surface area contributed by atoms with Crippen LogP contribution < -0.4 is 10.2 Å². The molecule has 0 bridgehead atoms. The standard InChI is InChI=1S/C18H19N3O/c1-18(2)14-5-4-11(7-16(14)21(3)17(18)22)12-6-13-8-19-10-15(13)20-9-12/h4-7,9,19H,8,10H2,1-3H3. The van der Waals surface area contributed by atoms with Crippen molar-refractivity contribution in [1.82, 2.24) is 10.3 Å². The zero-order valence-electron chi connectivity index (χ0n) is 13.1. The average molecular weight is 293 g/mol. The lowest BCUT2D eigenvalue weighted by molar-refractivity contribution is -0.121. The Labute approximate surface area is 130 Å². The van der Waals surface area contributed by atoms with E-state index in [0.717, 1.165) is 41.2 Å². The molecule has 0 aliphatic carbocycles. The van der Waals surface area contributed by atoms with E-state index in [9.17, 15) is 4.79 Å². The number of nitrogens with one attached hydrogen (secondary N) is 1. The summed E-state index contributed by atoms with van der Waals surface area (Å²) in [4.78, 5) is 18.7. The molecule has 0 saturated carbocycles. The number of pyridine rings is 1. The second-order valence-corrected chi connectivity index (χ2v) is 6.65. The SMILES string of the molecule is CN1C(=O)C(C)(C)c2ccc(-c3cnc4c(c3)CNC4)cc21. The van der Waals surface area contributed by atoms with Gasteiger partial charge in [-0.25, -0.2) is 0 Å². The van der Waals surface area contributed by atoms with Gasteiger partial charge in [-0.1, -0.05) is 12.1 Å². The Morgan fingerprint density at radius 1 is 1.18 bits per heavy atom. The highest BCUT2D eigenvalue weighted by Gasteiger charge is 2.42. The van der Waals surface area contributed by atoms with Crippen molar-refractivity contribution in [2.75, 3.05) is 11.9 Å². The molecule has 4 heteroatoms. The number of nitrogens with zero attached hydrogens (tertiary/aromatic N) is 2. The van der Waals surface area contributed by atoms with Crippen LogP contribution in [0, 0.1) is 0 Å². The van der Waals surface area contributed by atoms with E-state index in [-0.39, 0.29) is 5.91 Å². The maximum Gasteiger partial charge on any atom is 0.236 e. The lowest BCUT2D eigenvalue weighted by atomic mass is 9.85. The molecule has 0 unspecified atom stereocenters. The Kier molecular flexibility index (Phi) is 2.69. The molecule has 1 aromatic heterocycles. The summed E-state index contributed by atoms with van der Waals surface area (Å²) in [5.41, 5.74) is 6.28. The predicted octanol–water partition coefficient (Wildman–Crippen LogP) is 2.61. The minimum Gasteiger partial charge on any atom is -0.314 e. The van der Waals surface area contributed by atoms with Crippen LogP contribution >= 0.6 is 0 Å². The maximum absolute atomic E-state index is 12.4. The van der Waals surface area contributed by atoms with Crippen molar-refractivity contribution >= 4 is 11.6 Å². The molecule has 0 radical (unpaired) electrons. The molecule has 0 saturated heterocycles. The number of aromatic nitrogens is 1. The topological polar surface area (TPSA) is 45.2 Å². The normalized spacial score (nSPS) is 18.5. The van der Waals surface area contributed by atoms with E-state index in [0.29, 0.717) is 0 Å². The van der Waals surface area contributed by atoms with Gasteiger partial charge in [0.25, 0.3) is 0 Å². The van der Waals surface area contributed by atoms with Crippen molar-refractivity contribution in [3.8, 4) is 11.1 Å². The fourth-order valence-corrected chi connectivity index (χ4v) is 3.49. The van der Waals surface area contributed by atoms with Crippen LogP contribution in [0.15, 0.2) is 30.5 Å². The van der Waals surface area contributed by atoms with E-state index in [1.165, 1.54) is 5.56 Å². The third-order valence-electron chi connectivity index (χ3n) is 4.87. The van der Waals surface area contributed by atoms with E-state index in [1.54, 1.807) is 4.90 Å². The number of rotatable bonds is 1. The summed E-state index contributed by atoms with van der Waals surface area (Å²) < 4.78 is 0. The van der Waals surface area contributed by atoms with Crippen molar-refractivity contribution < 1.29 is 4.79 Å². The molecule has 22 heavy (non-hydrogen) atoms. The summed E-state index contributed by atoms with van der Waals surface area (Å²) in [6, 6.07) is 8.48. The van der Waals surface area contributed by atoms with Gasteiger partial charge >= 0.3 is 0 Å². The van der Waals surface area contributed by atoms with E-state index < -0.39 is 5.41 Å². The summed E-state index contributed by atoms with van der Waals surface area (Å²) in [6.07, 6.45) is 1.93. The second kappa shape index (κ2) is 4.40. The Morgan fingerprint density at radius 2 is 2.00 bits per heavy atom. The highest BCUT2D eigenvalue weighted by atomic mass is 16.2. The van der Waals surface area contributed by atoms with Crippen molar-refractivity contribution in [2.24, 2.45) is 0 Å². The van der Waals surface area contributed by atoms with E-state index in [2.05, 4.69) is 34.6 Å². The van der Waals surface area contributed by atoms with Crippen LogP contribution in [0.3, 0.4) is 0 Å². The van der Waals surface area contributed by atoms with Crippen LogP contribution in [0.2, 0.25) is 0 Å². The van der Waals surface area contributed by atoms with E-state index in [1.807, 2.05) is 27.1 Å². The molecule has 4 nitrogen and oxygen atoms in total. The number of likely N-dealkylation sites (N-methyl/N-ethyl adjacent to an activating group) is 1. The number of hydrogen-bond acceptors (Lipinski definition) is 3. The molecule has 2 aromatic rings. The van der Waals surface area contributed by atoms with Gasteiger partial charge in [-0.15, -0.1) is 0 Å². The third-order valence-corrected chi connectivity index (χ3v) is 4.87. The second-order valence-electron chi connectivity index (χ2n) is 6.65. The van der Waals surface area contributed by atoms with Crippen LogP contribution in [0.25, 0.3) is 11.1 Å². The first-order chi connectivity index (χ1) is 10.5. The van der Waals surface area contributed by atoms with E-state index in [4.69, 9.17) is 0 Å². The summed E-state index contributed by atoms with van der Waals surface area (Å²) >= 11 is 0. The van der Waals surface area contributed by atoms with Crippen LogP contribution in [-0.2, 0) is 23.3 Å². The summed E-state index contributed by atoms with van der Waals surface area (Å²) in [5.74, 6) is 0.149. The highest BCUT2D eigenvalue weighted by Crippen LogP contribution is 2.42. The molecule has 0 atom stereocenters. The first-order valence-electron chi connectivity index (χ1n) is 7.60. The number of hydrogen-bond donors (Lipinski definition) is 1. The van der Waals surface area contributed by atoms with Gasteiger partial charge in [-0.05, 0) is 42.7 Å². The average Bonchev–Trinajstić information content (AvgIpc) is 3.05. The molecule has 3 heterocycles. The van der Waals surface area contributed by atoms with Gasteiger partial charge in [0.15, 0.2) is 0 Å². The number of amides is 1. The van der Waals surface area contributed by atoms with Crippen LogP contribution in [0.4, 0.5) is 5.69 Å². The van der Waals surface area contributed by atoms with Crippen LogP contribution in [-0.4, -0.2) is 17.9 Å². The fourth-order valence-electron chi connectivity index (χ4n) is 3.49. The third kappa shape index (κ3) is 1.74. The molecule has 4 rings (SSSR count). The monoisotopic (exact) mass is 293 g/mol. The molecule has 2 aliphatic heterocycles. The fraction of sp³-hybridized carbons (Fsp3) is 0.333. The van der Waals surface area contributed by atoms with Crippen molar-refractivity contribution in [3.63, 3.8) is 0 Å². The number of anilines is 1. The minimum atomic E-state index is -0.442. The largest absolute Gasteiger partial charge is 0.314 e. The number of fused-ring (bicyclic) bond motifs is 2. The Morgan fingerprint density at radius 3 is 2.82 bits per heavy atom. The van der Waals surface area contributed by atoms with Gasteiger partial charge in [0, 0.05) is 37.6 Å². The van der Waals surface area contributed by atoms with Crippen LogP contribution in [0.1, 0.15) is 30.7 Å². The highest BCUT2D eigenvalue weighted by molar-refractivity contribution is 6.07. The Bertz CT molecular complexity index is 795. The quantitative estimate of drug-likeness (QED) is 0.879. The molecule has 0 fully saturated rings. The van der Waals surface area contributed by atoms with Crippen molar-refractivity contribution in [2.45, 2.75) is 32.4 Å². The number of carbonyl (C=O) groups excluding carboxylic acids is 1. The number of carbonyl (C=O) groups is 1. The van der Waals surface area contributed by atoms with Gasteiger partial charge < -0.3 is 10.2 Å². The molecule has 1 N–H and O–H groups in total. The molecule has 112 valence electrons. The minimum absolute atomic E-state index is 0.149. The van der Waals surface area contributed by atoms with Crippen molar-refractivity contribution in [3.05, 3.63) is 47.3 Å². The summed E-state index contributed by atoms with van der Waals surface area (Å²) in [5, 5.41) is 3.32. The first-order valence-corrected chi connectivity index (χ1v) is 7.60. The molecular formula is C18H19N3O. The molecule has 0 spiro atoms. The molecule has 1 amide bonds. The smallest absolute Gasteiger partial charge is 0.236 e. The van der Waals surface area contributed by atoms with Gasteiger partial charge in [-0.2, -0.15) is 0 Å². The maximum atomic E-state index is 12.4. The molecular weight excluding hydrogens is 274 g/mol. The lowest BCUT2D eigenvalue weighted by Crippen LogP contribution is -2.33. The molecule has 2 aliphatic rings. The predicted molar refractivity (Wildman–Crippen MR) is 86.7 cm³/mol. The summed E-state index contributed by atoms with van der Waals surface area (Å²) in [7, 11) is 1.85. The molecule has 1 aromatic carbocycles. The Hall–Kier alpha value is -2.20. The van der Waals surface area contributed by atoms with Gasteiger partial charge in [0.05, 0.1) is 11.1 Å². The Balaban J connectivity index is 1.82. The van der Waals surface area contributed by atoms with Gasteiger partial charge in [-0.3, -0.25) is 9.78 Å². The number of benzene rings is 1. The summed E-state index contributed by atoms with van der Waals surface area (Å²) in [6.45, 7) is 5.71. The van der Waals surface area contributed by atoms with Gasteiger partial charge in [0.1, 0.15) is 0 Å². The lowest BCUT2D eigenvalue weighted by Gasteiger charge is -2.16. The zero-order chi connectivity index (χ0) is 15.5. The first kappa shape index (κ1) is 13.5. The zero-order valence-corrected chi connectivity index (χ0v) is 13.1. The van der Waals surface area contributed by atoms with E-state index >= 15 is 0 Å².